The Balaban J connectivity index is 0. The maximum absolute atomic E-state index is 10.4. The topological polar surface area (TPSA) is 74.6 Å². The number of allylic oxidation sites excluding steroid dienone is 2. The molecule has 0 aliphatic heterocycles. The van der Waals surface area contributed by atoms with Crippen LogP contribution in [0.5, 0.6) is 0 Å². The molecule has 0 saturated heterocycles. The number of hydrogen-bond donors (Lipinski definition) is 2. The van der Waals surface area contributed by atoms with Crippen molar-refractivity contribution in [2.24, 2.45) is 5.92 Å². The summed E-state index contributed by atoms with van der Waals surface area (Å²) in [5.74, 6) is -1.08. The molecule has 128 valence electrons. The molecular formula is C18H32O4. The first-order valence-electron chi connectivity index (χ1n) is 8.02. The summed E-state index contributed by atoms with van der Waals surface area (Å²) in [7, 11) is 0. The summed E-state index contributed by atoms with van der Waals surface area (Å²) in [5.41, 5.74) is 0.903. The van der Waals surface area contributed by atoms with E-state index in [0.717, 1.165) is 19.3 Å². The Morgan fingerprint density at radius 1 is 0.909 bits per heavy atom. The zero-order valence-corrected chi connectivity index (χ0v) is 14.7. The highest BCUT2D eigenvalue weighted by atomic mass is 16.4. The second kappa shape index (κ2) is 14.4. The van der Waals surface area contributed by atoms with E-state index in [2.05, 4.69) is 20.8 Å². The number of carboxylic acids is 2. The Labute approximate surface area is 134 Å². The lowest BCUT2D eigenvalue weighted by Crippen LogP contribution is -1.96. The van der Waals surface area contributed by atoms with Gasteiger partial charge in [0.1, 0.15) is 0 Å². The van der Waals surface area contributed by atoms with Crippen molar-refractivity contribution < 1.29 is 19.8 Å². The smallest absolute Gasteiger partial charge is 0.330 e. The number of hydrogen-bond acceptors (Lipinski definition) is 2. The second-order valence-corrected chi connectivity index (χ2v) is 5.86. The van der Waals surface area contributed by atoms with E-state index in [-0.39, 0.29) is 0 Å². The van der Waals surface area contributed by atoms with Gasteiger partial charge in [-0.1, -0.05) is 52.2 Å². The van der Waals surface area contributed by atoms with Gasteiger partial charge in [-0.15, -0.1) is 0 Å². The minimum atomic E-state index is -0.819. The molecule has 2 N–H and O–H groups in total. The van der Waals surface area contributed by atoms with Crippen LogP contribution in [0.2, 0.25) is 0 Å². The molecule has 0 unspecified atom stereocenters. The van der Waals surface area contributed by atoms with Gasteiger partial charge in [0, 0.05) is 11.1 Å². The standard InChI is InChI=1S/C10H18O2.C8H14O2/c1-3-4-5-6-7-8-9(2)10(11)12;1-6(2)4-5-7(3)8(9)10/h8H,3-7H2,1-2H3,(H,11,12);5-6H,4H2,1-3H3,(H,9,10)/b9-8+;7-5+. The lowest BCUT2D eigenvalue weighted by Gasteiger charge is -1.97. The lowest BCUT2D eigenvalue weighted by atomic mass is 10.1. The predicted octanol–water partition coefficient (Wildman–Crippen LogP) is 5.05. The molecule has 0 rings (SSSR count). The summed E-state index contributed by atoms with van der Waals surface area (Å²) >= 11 is 0. The van der Waals surface area contributed by atoms with Crippen LogP contribution in [-0.2, 0) is 9.59 Å². The van der Waals surface area contributed by atoms with Crippen LogP contribution >= 0.6 is 0 Å². The highest BCUT2D eigenvalue weighted by Crippen LogP contribution is 2.05. The fourth-order valence-electron chi connectivity index (χ4n) is 1.48. The van der Waals surface area contributed by atoms with E-state index in [4.69, 9.17) is 10.2 Å². The zero-order valence-electron chi connectivity index (χ0n) is 14.7. The first kappa shape index (κ1) is 22.7. The van der Waals surface area contributed by atoms with Crippen molar-refractivity contribution in [2.75, 3.05) is 0 Å². The number of carbonyl (C=O) groups is 2. The van der Waals surface area contributed by atoms with Crippen LogP contribution in [0.25, 0.3) is 0 Å². The van der Waals surface area contributed by atoms with E-state index in [1.165, 1.54) is 19.3 Å². The highest BCUT2D eigenvalue weighted by Gasteiger charge is 1.98. The first-order valence-corrected chi connectivity index (χ1v) is 8.02. The number of rotatable bonds is 9. The SMILES string of the molecule is C/C(=C\CC(C)C)C(=O)O.CCCCCC/C=C(\C)C(=O)O. The summed E-state index contributed by atoms with van der Waals surface area (Å²) in [5, 5.41) is 16.9. The third-order valence-corrected chi connectivity index (χ3v) is 3.08. The molecule has 0 spiro atoms. The quantitative estimate of drug-likeness (QED) is 0.461. The second-order valence-electron chi connectivity index (χ2n) is 5.86. The van der Waals surface area contributed by atoms with Gasteiger partial charge >= 0.3 is 11.9 Å². The predicted molar refractivity (Wildman–Crippen MR) is 91.0 cm³/mol. The van der Waals surface area contributed by atoms with Crippen LogP contribution in [0.15, 0.2) is 23.3 Å². The van der Waals surface area contributed by atoms with Crippen molar-refractivity contribution in [1.82, 2.24) is 0 Å². The molecule has 22 heavy (non-hydrogen) atoms. The molecule has 0 amide bonds. The summed E-state index contributed by atoms with van der Waals surface area (Å²) < 4.78 is 0. The average Bonchev–Trinajstić information content (AvgIpc) is 2.44. The van der Waals surface area contributed by atoms with E-state index in [1.54, 1.807) is 26.0 Å². The van der Waals surface area contributed by atoms with Gasteiger partial charge in [-0.05, 0) is 39.0 Å². The molecule has 0 bridgehead atoms. The van der Waals surface area contributed by atoms with Gasteiger partial charge in [0.25, 0.3) is 0 Å². The van der Waals surface area contributed by atoms with E-state index >= 15 is 0 Å². The highest BCUT2D eigenvalue weighted by molar-refractivity contribution is 5.86. The average molecular weight is 312 g/mol. The van der Waals surface area contributed by atoms with Crippen molar-refractivity contribution in [3.8, 4) is 0 Å². The molecule has 0 aromatic heterocycles. The first-order chi connectivity index (χ1) is 10.2. The molecule has 0 aromatic carbocycles. The van der Waals surface area contributed by atoms with Crippen molar-refractivity contribution >= 4 is 11.9 Å². The Hall–Kier alpha value is -1.58. The number of aliphatic carboxylic acids is 2. The van der Waals surface area contributed by atoms with Crippen molar-refractivity contribution in [3.63, 3.8) is 0 Å². The minimum absolute atomic E-state index is 0.439. The lowest BCUT2D eigenvalue weighted by molar-refractivity contribution is -0.133. The molecule has 0 aliphatic carbocycles. The van der Waals surface area contributed by atoms with Gasteiger partial charge in [-0.25, -0.2) is 9.59 Å². The fourth-order valence-corrected chi connectivity index (χ4v) is 1.48. The Bertz CT molecular complexity index is 379. The molecule has 0 radical (unpaired) electrons. The van der Waals surface area contributed by atoms with Gasteiger partial charge in [-0.2, -0.15) is 0 Å². The van der Waals surface area contributed by atoms with Crippen molar-refractivity contribution in [1.29, 1.82) is 0 Å². The van der Waals surface area contributed by atoms with Gasteiger partial charge < -0.3 is 10.2 Å². The molecule has 0 aromatic rings. The van der Waals surface area contributed by atoms with Gasteiger partial charge in [0.15, 0.2) is 0 Å². The van der Waals surface area contributed by atoms with Gasteiger partial charge in [0.2, 0.25) is 0 Å². The Morgan fingerprint density at radius 3 is 1.82 bits per heavy atom. The molecule has 0 fully saturated rings. The van der Waals surface area contributed by atoms with E-state index in [9.17, 15) is 9.59 Å². The molecule has 0 saturated carbocycles. The van der Waals surface area contributed by atoms with E-state index in [0.29, 0.717) is 17.1 Å². The largest absolute Gasteiger partial charge is 0.478 e. The summed E-state index contributed by atoms with van der Waals surface area (Å²) in [6, 6.07) is 0. The Kier molecular flexibility index (Phi) is 14.8. The van der Waals surface area contributed by atoms with E-state index in [1.807, 2.05) is 0 Å². The van der Waals surface area contributed by atoms with E-state index < -0.39 is 11.9 Å². The summed E-state index contributed by atoms with van der Waals surface area (Å²) in [4.78, 5) is 20.6. The molecule has 0 heterocycles. The van der Waals surface area contributed by atoms with Crippen molar-refractivity contribution in [2.45, 2.75) is 73.1 Å². The monoisotopic (exact) mass is 312 g/mol. The normalized spacial score (nSPS) is 11.9. The third-order valence-electron chi connectivity index (χ3n) is 3.08. The van der Waals surface area contributed by atoms with Crippen LogP contribution in [0.1, 0.15) is 73.1 Å². The molecule has 4 nitrogen and oxygen atoms in total. The number of carboxylic acid groups (broad SMARTS) is 2. The minimum Gasteiger partial charge on any atom is -0.478 e. The molecule has 0 atom stereocenters. The fraction of sp³-hybridized carbons (Fsp3) is 0.667. The van der Waals surface area contributed by atoms with Crippen LogP contribution in [0.4, 0.5) is 0 Å². The third kappa shape index (κ3) is 16.5. The summed E-state index contributed by atoms with van der Waals surface area (Å²) in [6.45, 7) is 9.54. The maximum atomic E-state index is 10.4. The summed E-state index contributed by atoms with van der Waals surface area (Å²) in [6.07, 6.45) is 10.1. The molecule has 4 heteroatoms. The van der Waals surface area contributed by atoms with Crippen LogP contribution in [-0.4, -0.2) is 22.2 Å². The molecule has 0 aliphatic rings. The van der Waals surface area contributed by atoms with Crippen LogP contribution in [0, 0.1) is 5.92 Å². The van der Waals surface area contributed by atoms with Gasteiger partial charge in [-0.3, -0.25) is 0 Å². The molecular weight excluding hydrogens is 280 g/mol. The van der Waals surface area contributed by atoms with Crippen molar-refractivity contribution in [3.05, 3.63) is 23.3 Å². The van der Waals surface area contributed by atoms with Crippen LogP contribution in [0.3, 0.4) is 0 Å². The maximum Gasteiger partial charge on any atom is 0.330 e. The Morgan fingerprint density at radius 2 is 1.41 bits per heavy atom. The zero-order chi connectivity index (χ0) is 17.5. The van der Waals surface area contributed by atoms with Gasteiger partial charge in [0.05, 0.1) is 0 Å². The number of unbranched alkanes of at least 4 members (excludes halogenated alkanes) is 4. The van der Waals surface area contributed by atoms with Crippen LogP contribution < -0.4 is 0 Å².